The van der Waals surface area contributed by atoms with E-state index in [1.165, 1.54) is 21.6 Å². The third kappa shape index (κ3) is 3.33. The van der Waals surface area contributed by atoms with Crippen LogP contribution in [0.1, 0.15) is 40.1 Å². The Balaban J connectivity index is 1.39. The van der Waals surface area contributed by atoms with Gasteiger partial charge in [-0.05, 0) is 48.4 Å². The van der Waals surface area contributed by atoms with Crippen molar-refractivity contribution in [3.05, 3.63) is 46.3 Å². The van der Waals surface area contributed by atoms with Crippen molar-refractivity contribution in [3.8, 4) is 10.4 Å². The molecule has 4 rings (SSSR count). The fourth-order valence-electron chi connectivity index (χ4n) is 3.68. The molecule has 1 aromatic carbocycles. The zero-order valence-electron chi connectivity index (χ0n) is 14.2. The minimum Gasteiger partial charge on any atom is -0.351 e. The van der Waals surface area contributed by atoms with E-state index < -0.39 is 0 Å². The van der Waals surface area contributed by atoms with Crippen LogP contribution in [0, 0.1) is 0 Å². The molecule has 1 fully saturated rings. The van der Waals surface area contributed by atoms with Gasteiger partial charge in [-0.2, -0.15) is 0 Å². The van der Waals surface area contributed by atoms with E-state index in [0.717, 1.165) is 43.6 Å². The zero-order valence-corrected chi connectivity index (χ0v) is 15.0. The Morgan fingerprint density at radius 3 is 2.68 bits per heavy atom. The van der Waals surface area contributed by atoms with E-state index in [0.29, 0.717) is 13.0 Å². The van der Waals surface area contributed by atoms with Crippen LogP contribution in [0.4, 0.5) is 0 Å². The van der Waals surface area contributed by atoms with Gasteiger partial charge in [0.2, 0.25) is 5.91 Å². The number of nitrogens with one attached hydrogen (secondary N) is 1. The van der Waals surface area contributed by atoms with Gasteiger partial charge in [-0.3, -0.25) is 9.59 Å². The first kappa shape index (κ1) is 16.3. The second kappa shape index (κ2) is 7.00. The van der Waals surface area contributed by atoms with Crippen molar-refractivity contribution in [2.75, 3.05) is 19.6 Å². The first-order valence-corrected chi connectivity index (χ1v) is 9.81. The number of nitrogens with zero attached hydrogens (tertiary/aromatic N) is 1. The maximum atomic E-state index is 12.5. The van der Waals surface area contributed by atoms with E-state index in [9.17, 15) is 9.59 Å². The molecule has 1 saturated heterocycles. The standard InChI is InChI=1S/C20H22N2O2S/c23-18(22-11-3-4-12-22)9-10-21-20(24)17-13-15-8-7-14-5-1-2-6-16(14)19(15)25-17/h1-2,5-6,13H,3-4,7-12H2,(H,21,24). The number of likely N-dealkylation sites (tertiary alicyclic amines) is 1. The summed E-state index contributed by atoms with van der Waals surface area (Å²) >= 11 is 1.56. The predicted molar refractivity (Wildman–Crippen MR) is 99.9 cm³/mol. The molecular weight excluding hydrogens is 332 g/mol. The van der Waals surface area contributed by atoms with Crippen molar-refractivity contribution in [2.24, 2.45) is 0 Å². The number of thiophene rings is 1. The van der Waals surface area contributed by atoms with Crippen molar-refractivity contribution in [1.82, 2.24) is 10.2 Å². The van der Waals surface area contributed by atoms with Crippen molar-refractivity contribution in [3.63, 3.8) is 0 Å². The quantitative estimate of drug-likeness (QED) is 0.916. The highest BCUT2D eigenvalue weighted by atomic mass is 32.1. The smallest absolute Gasteiger partial charge is 0.261 e. The predicted octanol–water partition coefficient (Wildman–Crippen LogP) is 3.26. The highest BCUT2D eigenvalue weighted by Gasteiger charge is 2.22. The van der Waals surface area contributed by atoms with Crippen molar-refractivity contribution >= 4 is 23.2 Å². The fraction of sp³-hybridized carbons (Fsp3) is 0.400. The van der Waals surface area contributed by atoms with Crippen molar-refractivity contribution in [1.29, 1.82) is 0 Å². The third-order valence-electron chi connectivity index (χ3n) is 5.04. The van der Waals surface area contributed by atoms with Gasteiger partial charge in [0.1, 0.15) is 0 Å². The second-order valence-corrected chi connectivity index (χ2v) is 7.77. The lowest BCUT2D eigenvalue weighted by molar-refractivity contribution is -0.129. The van der Waals surface area contributed by atoms with Gasteiger partial charge in [0, 0.05) is 30.9 Å². The van der Waals surface area contributed by atoms with Crippen LogP contribution in [0.25, 0.3) is 10.4 Å². The molecule has 0 atom stereocenters. The molecule has 0 radical (unpaired) electrons. The third-order valence-corrected chi connectivity index (χ3v) is 6.25. The molecule has 1 aliphatic heterocycles. The molecule has 0 spiro atoms. The molecule has 5 heteroatoms. The van der Waals surface area contributed by atoms with Gasteiger partial charge in [-0.15, -0.1) is 11.3 Å². The van der Waals surface area contributed by atoms with Crippen LogP contribution in [0.2, 0.25) is 0 Å². The highest BCUT2D eigenvalue weighted by Crippen LogP contribution is 2.39. The molecule has 1 N–H and O–H groups in total. The molecule has 2 amide bonds. The van der Waals surface area contributed by atoms with Gasteiger partial charge in [-0.1, -0.05) is 24.3 Å². The molecule has 2 heterocycles. The number of carbonyl (C=O) groups excluding carboxylic acids is 2. The van der Waals surface area contributed by atoms with Gasteiger partial charge in [0.05, 0.1) is 4.88 Å². The van der Waals surface area contributed by atoms with E-state index in [4.69, 9.17) is 0 Å². The summed E-state index contributed by atoms with van der Waals surface area (Å²) in [4.78, 5) is 28.4. The largest absolute Gasteiger partial charge is 0.351 e. The lowest BCUT2D eigenvalue weighted by atomic mass is 9.91. The average molecular weight is 354 g/mol. The Labute approximate surface area is 151 Å². The van der Waals surface area contributed by atoms with Crippen LogP contribution in [0.3, 0.4) is 0 Å². The molecule has 130 valence electrons. The summed E-state index contributed by atoms with van der Waals surface area (Å²) in [6.07, 6.45) is 4.61. The molecular formula is C20H22N2O2S. The lowest BCUT2D eigenvalue weighted by Crippen LogP contribution is -2.32. The number of aryl methyl sites for hydroxylation is 2. The number of amides is 2. The summed E-state index contributed by atoms with van der Waals surface area (Å²) in [5, 5.41) is 2.91. The summed E-state index contributed by atoms with van der Waals surface area (Å²) in [7, 11) is 0. The van der Waals surface area contributed by atoms with E-state index in [1.807, 2.05) is 11.0 Å². The molecule has 2 aromatic rings. The Hall–Kier alpha value is -2.14. The number of carbonyl (C=O) groups is 2. The molecule has 0 bridgehead atoms. The summed E-state index contributed by atoms with van der Waals surface area (Å²) in [5.41, 5.74) is 3.89. The van der Waals surface area contributed by atoms with Crippen LogP contribution >= 0.6 is 11.3 Å². The van der Waals surface area contributed by atoms with E-state index >= 15 is 0 Å². The van der Waals surface area contributed by atoms with Crippen LogP contribution in [0.5, 0.6) is 0 Å². The van der Waals surface area contributed by atoms with Gasteiger partial charge in [0.25, 0.3) is 5.91 Å². The van der Waals surface area contributed by atoms with Gasteiger partial charge >= 0.3 is 0 Å². The first-order chi connectivity index (χ1) is 12.2. The summed E-state index contributed by atoms with van der Waals surface area (Å²) < 4.78 is 0. The maximum absolute atomic E-state index is 12.5. The maximum Gasteiger partial charge on any atom is 0.261 e. The Morgan fingerprint density at radius 1 is 1.08 bits per heavy atom. The Kier molecular flexibility index (Phi) is 4.57. The van der Waals surface area contributed by atoms with Crippen LogP contribution in [-0.2, 0) is 17.6 Å². The number of fused-ring (bicyclic) bond motifs is 3. The molecule has 25 heavy (non-hydrogen) atoms. The molecule has 0 unspecified atom stereocenters. The Bertz CT molecular complexity index is 806. The van der Waals surface area contributed by atoms with Crippen molar-refractivity contribution in [2.45, 2.75) is 32.1 Å². The minimum absolute atomic E-state index is 0.0638. The lowest BCUT2D eigenvalue weighted by Gasteiger charge is -2.15. The number of hydrogen-bond donors (Lipinski definition) is 1. The van der Waals surface area contributed by atoms with Crippen molar-refractivity contribution < 1.29 is 9.59 Å². The fourth-order valence-corrected chi connectivity index (χ4v) is 4.87. The monoisotopic (exact) mass is 354 g/mol. The van der Waals surface area contributed by atoms with Crippen LogP contribution < -0.4 is 5.32 Å². The Morgan fingerprint density at radius 2 is 1.84 bits per heavy atom. The molecule has 1 aromatic heterocycles. The first-order valence-electron chi connectivity index (χ1n) is 8.99. The van der Waals surface area contributed by atoms with Crippen LogP contribution in [0.15, 0.2) is 30.3 Å². The number of rotatable bonds is 4. The minimum atomic E-state index is -0.0638. The highest BCUT2D eigenvalue weighted by molar-refractivity contribution is 7.17. The number of hydrogen-bond acceptors (Lipinski definition) is 3. The van der Waals surface area contributed by atoms with Gasteiger partial charge in [-0.25, -0.2) is 0 Å². The average Bonchev–Trinajstić information content (AvgIpc) is 3.31. The molecule has 4 nitrogen and oxygen atoms in total. The normalized spacial score (nSPS) is 15.6. The van der Waals surface area contributed by atoms with Gasteiger partial charge in [0.15, 0.2) is 0 Å². The molecule has 1 aliphatic carbocycles. The summed E-state index contributed by atoms with van der Waals surface area (Å²) in [6, 6.07) is 10.5. The number of benzene rings is 1. The second-order valence-electron chi connectivity index (χ2n) is 6.72. The SMILES string of the molecule is O=C(NCCC(=O)N1CCCC1)c1cc2c(s1)-c1ccccc1CC2. The van der Waals surface area contributed by atoms with Crippen LogP contribution in [-0.4, -0.2) is 36.3 Å². The van der Waals surface area contributed by atoms with E-state index in [2.05, 4.69) is 29.6 Å². The van der Waals surface area contributed by atoms with E-state index in [1.54, 1.807) is 11.3 Å². The summed E-state index contributed by atoms with van der Waals surface area (Å²) in [6.45, 7) is 2.14. The molecule has 0 saturated carbocycles. The zero-order chi connectivity index (χ0) is 17.2. The summed E-state index contributed by atoms with van der Waals surface area (Å²) in [5.74, 6) is 0.0864. The van der Waals surface area contributed by atoms with Gasteiger partial charge < -0.3 is 10.2 Å². The molecule has 2 aliphatic rings. The van der Waals surface area contributed by atoms with E-state index in [-0.39, 0.29) is 11.8 Å². The topological polar surface area (TPSA) is 49.4 Å².